The number of hydrogen-bond donors (Lipinski definition) is 14. The Morgan fingerprint density at radius 2 is 1.07 bits per heavy atom. The molecule has 6 amide bonds. The Balaban J connectivity index is 0.876. The minimum atomic E-state index is -1.65. The Morgan fingerprint density at radius 3 is 1.56 bits per heavy atom. The van der Waals surface area contributed by atoms with Gasteiger partial charge in [-0.15, -0.1) is 0 Å². The second kappa shape index (κ2) is 23.8. The molecule has 29 heteroatoms. The lowest BCUT2D eigenvalue weighted by Crippen LogP contribution is -2.68. The summed E-state index contributed by atoms with van der Waals surface area (Å²) in [6.45, 7) is -0.0551. The van der Waals surface area contributed by atoms with E-state index in [2.05, 4.69) is 10.6 Å². The molecule has 6 aliphatic rings. The molecule has 7 unspecified atom stereocenters. The number of carbonyl (C=O) groups is 5. The number of thioether (sulfide) groups is 1. The number of ether oxygens (including phenoxy) is 6. The van der Waals surface area contributed by atoms with E-state index in [-0.39, 0.29) is 90.2 Å². The number of nitrogens with one attached hydrogen (secondary N) is 2. The van der Waals surface area contributed by atoms with Gasteiger partial charge in [0.25, 0.3) is 23.6 Å². The molecule has 3 saturated heterocycles. The standard InChI is InChI=1S/C46H69N11O17S/c1-55(2)10-11-57-41(66)19-5-3-17-26-18(4-6-20(27(19)26)42(57)67)40(65)56(39(17)64)9-7-53-46(68)54-8-12-75-16-25-37(73-44-29(52)34(62)32(60)24(15-48)70-44)35(63)45(71-25)74-38-30(58)21(49)13-22(50)36(38)72-43-28(51)33(61)31(59)23(14-47)69-43/h3-6,21-25,28-38,43-45,58-63H,7-16,47-52H2,1-2H3,(H2,53,54,68)/t21-,22?,23?,24+,25-,28?,29?,30?,31-,32-,33-,34?,35+,36-,37+,38-,43-,44-,45?/m1/s1. The number of amides is 6. The van der Waals surface area contributed by atoms with Crippen LogP contribution in [0.25, 0.3) is 10.8 Å². The van der Waals surface area contributed by atoms with Crippen LogP contribution in [0.1, 0.15) is 47.9 Å². The van der Waals surface area contributed by atoms with Crippen molar-refractivity contribution < 1.29 is 83.0 Å². The van der Waals surface area contributed by atoms with Crippen LogP contribution in [-0.2, 0) is 28.4 Å². The van der Waals surface area contributed by atoms with Crippen LogP contribution in [-0.4, -0.2) is 263 Å². The van der Waals surface area contributed by atoms with Crippen LogP contribution in [0.3, 0.4) is 0 Å². The van der Waals surface area contributed by atoms with Crippen molar-refractivity contribution in [2.45, 2.75) is 123 Å². The summed E-state index contributed by atoms with van der Waals surface area (Å²) in [7, 11) is 3.64. The average Bonchev–Trinajstić information content (AvgIpc) is 3.67. The van der Waals surface area contributed by atoms with E-state index < -0.39 is 146 Å². The van der Waals surface area contributed by atoms with E-state index in [0.29, 0.717) is 6.54 Å². The van der Waals surface area contributed by atoms with Gasteiger partial charge in [-0.05, 0) is 44.8 Å². The zero-order valence-electron chi connectivity index (χ0n) is 41.2. The highest BCUT2D eigenvalue weighted by atomic mass is 32.2. The van der Waals surface area contributed by atoms with Crippen molar-refractivity contribution in [2.75, 3.05) is 71.4 Å². The molecule has 28 nitrogen and oxygen atoms in total. The molecular weight excluding hydrogens is 1010 g/mol. The van der Waals surface area contributed by atoms with Crippen LogP contribution in [0.2, 0.25) is 0 Å². The monoisotopic (exact) mass is 1080 g/mol. The van der Waals surface area contributed by atoms with E-state index in [0.717, 1.165) is 9.80 Å². The fourth-order valence-corrected chi connectivity index (χ4v) is 11.1. The Morgan fingerprint density at radius 1 is 0.613 bits per heavy atom. The molecule has 0 aromatic heterocycles. The number of aliphatic hydroxyl groups excluding tert-OH is 6. The zero-order valence-corrected chi connectivity index (χ0v) is 42.1. The van der Waals surface area contributed by atoms with Gasteiger partial charge in [0.2, 0.25) is 0 Å². The molecule has 0 radical (unpaired) electrons. The highest BCUT2D eigenvalue weighted by Gasteiger charge is 2.54. The van der Waals surface area contributed by atoms with Gasteiger partial charge in [-0.1, -0.05) is 0 Å². The molecule has 2 aromatic carbocycles. The molecule has 0 bridgehead atoms. The summed E-state index contributed by atoms with van der Waals surface area (Å²) in [5.74, 6) is -2.00. The average molecular weight is 1080 g/mol. The molecule has 75 heavy (non-hydrogen) atoms. The molecule has 1 aliphatic carbocycles. The third-order valence-electron chi connectivity index (χ3n) is 14.5. The molecule has 4 fully saturated rings. The summed E-state index contributed by atoms with van der Waals surface area (Å²) in [6, 6.07) is 0.824. The smallest absolute Gasteiger partial charge is 0.314 e. The molecule has 19 atom stereocenters. The topological polar surface area (TPSA) is 452 Å². The minimum Gasteiger partial charge on any atom is -0.389 e. The Hall–Kier alpha value is -4.16. The molecule has 20 N–H and O–H groups in total. The number of imide groups is 2. The summed E-state index contributed by atoms with van der Waals surface area (Å²) < 4.78 is 36.4. The first-order valence-electron chi connectivity index (χ1n) is 24.7. The molecule has 5 heterocycles. The van der Waals surface area contributed by atoms with Gasteiger partial charge >= 0.3 is 6.03 Å². The van der Waals surface area contributed by atoms with Crippen LogP contribution < -0.4 is 45.0 Å². The highest BCUT2D eigenvalue weighted by Crippen LogP contribution is 2.39. The molecule has 0 spiro atoms. The number of hydrogen-bond acceptors (Lipinski definition) is 25. The van der Waals surface area contributed by atoms with E-state index in [1.54, 1.807) is 0 Å². The molecule has 416 valence electrons. The first-order valence-corrected chi connectivity index (χ1v) is 25.8. The zero-order chi connectivity index (χ0) is 54.3. The second-order valence-corrected chi connectivity index (χ2v) is 20.9. The third kappa shape index (κ3) is 11.3. The molecule has 1 saturated carbocycles. The maximum atomic E-state index is 13.8. The first-order chi connectivity index (χ1) is 35.7. The lowest BCUT2D eigenvalue weighted by atomic mass is 9.84. The number of aliphatic hydroxyl groups is 6. The molecule has 8 rings (SSSR count). The van der Waals surface area contributed by atoms with Crippen molar-refractivity contribution in [1.29, 1.82) is 0 Å². The van der Waals surface area contributed by atoms with Gasteiger partial charge in [0.1, 0.15) is 61.0 Å². The largest absolute Gasteiger partial charge is 0.389 e. The van der Waals surface area contributed by atoms with Gasteiger partial charge in [0.05, 0.1) is 24.3 Å². The number of rotatable bonds is 19. The summed E-state index contributed by atoms with van der Waals surface area (Å²) >= 11 is 1.25. The molecule has 5 aliphatic heterocycles. The SMILES string of the molecule is CN(C)CCN1C(=O)c2ccc3c4c(ccc(c24)C1=O)C(=O)N(CCNC(=O)NCCSC[C@H]1OC(O[C@@H]2C(O)[C@H](N)CC(N)[C@H]2O[C@H]2OC(CN)[C@@H](O)[C@H](O)C2N)[C@@H](O)[C@H]1O[C@H]1O[C@@H](CN)[C@@H](O)C(O)C1N)C3=O. The summed E-state index contributed by atoms with van der Waals surface area (Å²) in [5, 5.41) is 71.2. The van der Waals surface area contributed by atoms with Crippen molar-refractivity contribution in [2.24, 2.45) is 34.4 Å². The Kier molecular flexibility index (Phi) is 18.1. The van der Waals surface area contributed by atoms with Gasteiger partial charge < -0.3 is 109 Å². The van der Waals surface area contributed by atoms with E-state index in [1.165, 1.54) is 36.0 Å². The van der Waals surface area contributed by atoms with Crippen molar-refractivity contribution >= 4 is 52.2 Å². The first kappa shape index (κ1) is 57.0. The van der Waals surface area contributed by atoms with Gasteiger partial charge in [-0.25, -0.2) is 4.79 Å². The fraction of sp³-hybridized carbons (Fsp3) is 0.674. The number of nitrogens with two attached hydrogens (primary N) is 6. The highest BCUT2D eigenvalue weighted by molar-refractivity contribution is 7.99. The maximum absolute atomic E-state index is 13.8. The quantitative estimate of drug-likeness (QED) is 0.0459. The van der Waals surface area contributed by atoms with Crippen LogP contribution >= 0.6 is 11.8 Å². The summed E-state index contributed by atoms with van der Waals surface area (Å²) in [6.07, 6.45) is -20.5. The number of carbonyl (C=O) groups excluding carboxylic acids is 5. The van der Waals surface area contributed by atoms with E-state index >= 15 is 0 Å². The van der Waals surface area contributed by atoms with Crippen molar-refractivity contribution in [3.8, 4) is 0 Å². The normalized spacial score (nSPS) is 37.0. The molecular formula is C46H69N11O17S. The minimum absolute atomic E-state index is 0.0376. The van der Waals surface area contributed by atoms with Gasteiger partial charge in [0.15, 0.2) is 18.9 Å². The fourth-order valence-electron chi connectivity index (χ4n) is 10.2. The number of nitrogens with zero attached hydrogens (tertiary/aromatic N) is 3. The Labute approximate surface area is 434 Å². The van der Waals surface area contributed by atoms with E-state index in [4.69, 9.17) is 62.8 Å². The van der Waals surface area contributed by atoms with E-state index in [1.807, 2.05) is 19.0 Å². The van der Waals surface area contributed by atoms with Crippen LogP contribution in [0, 0.1) is 0 Å². The van der Waals surface area contributed by atoms with Crippen molar-refractivity contribution in [1.82, 2.24) is 25.3 Å². The number of benzene rings is 2. The summed E-state index contributed by atoms with van der Waals surface area (Å²) in [4.78, 5) is 71.4. The number of likely N-dealkylation sites (N-methyl/N-ethyl adjacent to an activating group) is 1. The predicted molar refractivity (Wildman–Crippen MR) is 263 cm³/mol. The van der Waals surface area contributed by atoms with E-state index in [9.17, 15) is 54.6 Å². The molecule has 2 aromatic rings. The van der Waals surface area contributed by atoms with Gasteiger partial charge in [-0.3, -0.25) is 29.0 Å². The van der Waals surface area contributed by atoms with Gasteiger partial charge in [-0.2, -0.15) is 11.8 Å². The van der Waals surface area contributed by atoms with Crippen LogP contribution in [0.15, 0.2) is 24.3 Å². The van der Waals surface area contributed by atoms with Crippen LogP contribution in [0.5, 0.6) is 0 Å². The second-order valence-electron chi connectivity index (χ2n) is 19.7. The maximum Gasteiger partial charge on any atom is 0.314 e. The predicted octanol–water partition coefficient (Wildman–Crippen LogP) is -7.25. The van der Waals surface area contributed by atoms with Crippen molar-refractivity contribution in [3.63, 3.8) is 0 Å². The van der Waals surface area contributed by atoms with Gasteiger partial charge in [0, 0.05) is 102 Å². The Bertz CT molecular complexity index is 2360. The van der Waals surface area contributed by atoms with Crippen molar-refractivity contribution in [3.05, 3.63) is 46.5 Å². The lowest BCUT2D eigenvalue weighted by Gasteiger charge is -2.47. The number of urea groups is 1. The van der Waals surface area contributed by atoms with Crippen LogP contribution in [0.4, 0.5) is 4.79 Å². The summed E-state index contributed by atoms with van der Waals surface area (Å²) in [5.41, 5.74) is 37.4. The third-order valence-corrected chi connectivity index (χ3v) is 15.5. The lowest BCUT2D eigenvalue weighted by molar-refractivity contribution is -0.306.